The first-order valence-corrected chi connectivity index (χ1v) is 7.50. The SMILES string of the molecule is NC(=O)C1CCCCC1N1C(=O)C2=C(CCCC2)C1=O. The third-order valence-corrected chi connectivity index (χ3v) is 4.85. The van der Waals surface area contributed by atoms with Crippen LogP contribution in [-0.2, 0) is 14.4 Å². The van der Waals surface area contributed by atoms with Crippen LogP contribution in [0, 0.1) is 5.92 Å². The van der Waals surface area contributed by atoms with E-state index in [1.54, 1.807) is 0 Å². The quantitative estimate of drug-likeness (QED) is 0.771. The number of primary amides is 1. The fourth-order valence-corrected chi connectivity index (χ4v) is 3.81. The molecule has 3 rings (SSSR count). The molecule has 2 aliphatic carbocycles. The van der Waals surface area contributed by atoms with Gasteiger partial charge in [-0.2, -0.15) is 0 Å². The van der Waals surface area contributed by atoms with Crippen LogP contribution < -0.4 is 5.73 Å². The van der Waals surface area contributed by atoms with Crippen LogP contribution in [0.1, 0.15) is 51.4 Å². The van der Waals surface area contributed by atoms with Crippen LogP contribution in [0.25, 0.3) is 0 Å². The summed E-state index contributed by atoms with van der Waals surface area (Å²) in [6.45, 7) is 0. The van der Waals surface area contributed by atoms with Gasteiger partial charge in [-0.05, 0) is 38.5 Å². The van der Waals surface area contributed by atoms with Gasteiger partial charge >= 0.3 is 0 Å². The van der Waals surface area contributed by atoms with E-state index in [1.165, 1.54) is 4.90 Å². The maximum atomic E-state index is 12.5. The molecule has 3 aliphatic rings. The van der Waals surface area contributed by atoms with E-state index in [-0.39, 0.29) is 29.7 Å². The fraction of sp³-hybridized carbons (Fsp3) is 0.667. The highest BCUT2D eigenvalue weighted by Gasteiger charge is 2.46. The van der Waals surface area contributed by atoms with Gasteiger partial charge < -0.3 is 5.73 Å². The van der Waals surface area contributed by atoms with Crippen molar-refractivity contribution in [1.29, 1.82) is 0 Å². The highest BCUT2D eigenvalue weighted by molar-refractivity contribution is 6.19. The van der Waals surface area contributed by atoms with Crippen LogP contribution in [0.3, 0.4) is 0 Å². The van der Waals surface area contributed by atoms with Gasteiger partial charge in [0.2, 0.25) is 5.91 Å². The number of hydrogen-bond donors (Lipinski definition) is 1. The first-order chi connectivity index (χ1) is 9.61. The first-order valence-electron chi connectivity index (χ1n) is 7.50. The van der Waals surface area contributed by atoms with Crippen molar-refractivity contribution in [2.75, 3.05) is 0 Å². The highest BCUT2D eigenvalue weighted by Crippen LogP contribution is 2.38. The van der Waals surface area contributed by atoms with Gasteiger partial charge in [0.05, 0.1) is 12.0 Å². The zero-order valence-electron chi connectivity index (χ0n) is 11.6. The smallest absolute Gasteiger partial charge is 0.257 e. The number of carbonyl (C=O) groups excluding carboxylic acids is 3. The van der Waals surface area contributed by atoms with E-state index in [9.17, 15) is 14.4 Å². The largest absolute Gasteiger partial charge is 0.369 e. The van der Waals surface area contributed by atoms with Crippen molar-refractivity contribution >= 4 is 17.7 Å². The summed E-state index contributed by atoms with van der Waals surface area (Å²) in [6, 6.07) is -0.327. The van der Waals surface area contributed by atoms with Crippen molar-refractivity contribution in [2.24, 2.45) is 11.7 Å². The predicted molar refractivity (Wildman–Crippen MR) is 72.3 cm³/mol. The minimum atomic E-state index is -0.389. The standard InChI is InChI=1S/C15H20N2O3/c16-13(18)11-7-3-4-8-12(11)17-14(19)9-5-1-2-6-10(9)15(17)20/h11-12H,1-8H2,(H2,16,18). The molecule has 0 bridgehead atoms. The molecule has 5 heteroatoms. The molecule has 20 heavy (non-hydrogen) atoms. The third kappa shape index (κ3) is 1.96. The van der Waals surface area contributed by atoms with Crippen LogP contribution in [0.4, 0.5) is 0 Å². The Kier molecular flexibility index (Phi) is 3.36. The van der Waals surface area contributed by atoms with Crippen LogP contribution in [0.5, 0.6) is 0 Å². The van der Waals surface area contributed by atoms with Crippen molar-refractivity contribution in [1.82, 2.24) is 4.90 Å². The Morgan fingerprint density at radius 3 is 2.05 bits per heavy atom. The average molecular weight is 276 g/mol. The summed E-state index contributed by atoms with van der Waals surface area (Å²) >= 11 is 0. The predicted octanol–water partition coefficient (Wildman–Crippen LogP) is 1.27. The molecule has 2 N–H and O–H groups in total. The third-order valence-electron chi connectivity index (χ3n) is 4.85. The summed E-state index contributed by atoms with van der Waals surface area (Å²) in [7, 11) is 0. The zero-order valence-corrected chi connectivity index (χ0v) is 11.6. The molecule has 1 fully saturated rings. The van der Waals surface area contributed by atoms with Crippen LogP contribution in [0.15, 0.2) is 11.1 Å². The summed E-state index contributed by atoms with van der Waals surface area (Å²) in [5.74, 6) is -1.09. The lowest BCUT2D eigenvalue weighted by molar-refractivity contribution is -0.144. The molecule has 0 aromatic rings. The summed E-state index contributed by atoms with van der Waals surface area (Å²) in [5, 5.41) is 0. The molecule has 1 heterocycles. The first kappa shape index (κ1) is 13.3. The van der Waals surface area contributed by atoms with Gasteiger partial charge in [0.1, 0.15) is 0 Å². The van der Waals surface area contributed by atoms with Gasteiger partial charge in [0, 0.05) is 11.1 Å². The normalized spacial score (nSPS) is 30.7. The summed E-state index contributed by atoms with van der Waals surface area (Å²) in [6.07, 6.45) is 6.59. The van der Waals surface area contributed by atoms with E-state index in [1.807, 2.05) is 0 Å². The molecule has 1 aliphatic heterocycles. The lowest BCUT2D eigenvalue weighted by Gasteiger charge is -2.35. The van der Waals surface area contributed by atoms with Gasteiger partial charge in [-0.1, -0.05) is 12.8 Å². The van der Waals surface area contributed by atoms with Crippen molar-refractivity contribution in [2.45, 2.75) is 57.4 Å². The van der Waals surface area contributed by atoms with E-state index in [4.69, 9.17) is 5.73 Å². The number of imide groups is 1. The lowest BCUT2D eigenvalue weighted by Crippen LogP contribution is -2.50. The van der Waals surface area contributed by atoms with E-state index in [2.05, 4.69) is 0 Å². The van der Waals surface area contributed by atoms with Crippen LogP contribution >= 0.6 is 0 Å². The van der Waals surface area contributed by atoms with Gasteiger partial charge in [-0.3, -0.25) is 19.3 Å². The van der Waals surface area contributed by atoms with Crippen molar-refractivity contribution in [3.63, 3.8) is 0 Å². The Balaban J connectivity index is 1.89. The molecule has 0 saturated heterocycles. The summed E-state index contributed by atoms with van der Waals surface area (Å²) in [5.41, 5.74) is 6.84. The maximum absolute atomic E-state index is 12.5. The molecule has 108 valence electrons. The maximum Gasteiger partial charge on any atom is 0.257 e. The monoisotopic (exact) mass is 276 g/mol. The number of carbonyl (C=O) groups is 3. The topological polar surface area (TPSA) is 80.5 Å². The number of hydrogen-bond acceptors (Lipinski definition) is 3. The summed E-state index contributed by atoms with van der Waals surface area (Å²) < 4.78 is 0. The number of amides is 3. The molecule has 0 spiro atoms. The van der Waals surface area contributed by atoms with Gasteiger partial charge in [-0.15, -0.1) is 0 Å². The van der Waals surface area contributed by atoms with Crippen molar-refractivity contribution < 1.29 is 14.4 Å². The number of nitrogens with two attached hydrogens (primary N) is 1. The second kappa shape index (κ2) is 5.04. The Morgan fingerprint density at radius 1 is 0.950 bits per heavy atom. The van der Waals surface area contributed by atoms with E-state index in [0.717, 1.165) is 25.7 Å². The van der Waals surface area contributed by atoms with E-state index in [0.29, 0.717) is 36.8 Å². The zero-order chi connectivity index (χ0) is 14.3. The van der Waals surface area contributed by atoms with E-state index < -0.39 is 0 Å². The molecule has 0 aromatic carbocycles. The Hall–Kier alpha value is -1.65. The molecule has 2 unspecified atom stereocenters. The number of rotatable bonds is 2. The Morgan fingerprint density at radius 2 is 1.50 bits per heavy atom. The van der Waals surface area contributed by atoms with Gasteiger partial charge in [0.15, 0.2) is 0 Å². The van der Waals surface area contributed by atoms with Crippen molar-refractivity contribution in [3.8, 4) is 0 Å². The van der Waals surface area contributed by atoms with Gasteiger partial charge in [-0.25, -0.2) is 0 Å². The molecule has 2 atom stereocenters. The molecule has 1 saturated carbocycles. The Labute approximate surface area is 118 Å². The highest BCUT2D eigenvalue weighted by atomic mass is 16.2. The fourth-order valence-electron chi connectivity index (χ4n) is 3.81. The van der Waals surface area contributed by atoms with Crippen molar-refractivity contribution in [3.05, 3.63) is 11.1 Å². The van der Waals surface area contributed by atoms with E-state index >= 15 is 0 Å². The second-order valence-corrected chi connectivity index (χ2v) is 6.01. The molecule has 0 aromatic heterocycles. The second-order valence-electron chi connectivity index (χ2n) is 6.01. The van der Waals surface area contributed by atoms with Crippen LogP contribution in [-0.4, -0.2) is 28.7 Å². The Bertz CT molecular complexity index is 481. The molecule has 0 radical (unpaired) electrons. The lowest BCUT2D eigenvalue weighted by atomic mass is 9.83. The average Bonchev–Trinajstić information content (AvgIpc) is 2.71. The molecular formula is C15H20N2O3. The molecule has 5 nitrogen and oxygen atoms in total. The van der Waals surface area contributed by atoms with Gasteiger partial charge in [0.25, 0.3) is 11.8 Å². The molecule has 3 amide bonds. The van der Waals surface area contributed by atoms with Crippen LogP contribution in [0.2, 0.25) is 0 Å². The minimum Gasteiger partial charge on any atom is -0.369 e. The minimum absolute atomic E-state index is 0.164. The number of nitrogens with zero attached hydrogens (tertiary/aromatic N) is 1. The molecular weight excluding hydrogens is 256 g/mol. The summed E-state index contributed by atoms with van der Waals surface area (Å²) in [4.78, 5) is 38.0.